The molecule has 0 aliphatic rings. The van der Waals surface area contributed by atoms with E-state index >= 15 is 0 Å². The molecule has 0 aliphatic heterocycles. The van der Waals surface area contributed by atoms with Gasteiger partial charge in [-0.2, -0.15) is 5.26 Å². The first-order chi connectivity index (χ1) is 18.4. The van der Waals surface area contributed by atoms with Gasteiger partial charge in [-0.15, -0.1) is 0 Å². The lowest BCUT2D eigenvalue weighted by molar-refractivity contribution is -0.112. The fraction of sp³-hybridized carbons (Fsp3) is 0.0667. The molecule has 0 radical (unpaired) electrons. The summed E-state index contributed by atoms with van der Waals surface area (Å²) in [6.45, 7) is 0.842. The molecule has 0 atom stereocenters. The third-order valence-electron chi connectivity index (χ3n) is 5.35. The van der Waals surface area contributed by atoms with E-state index in [4.69, 9.17) is 9.47 Å². The van der Waals surface area contributed by atoms with Crippen LogP contribution < -0.4 is 14.8 Å². The lowest BCUT2D eigenvalue weighted by atomic mass is 10.1. The van der Waals surface area contributed by atoms with Gasteiger partial charge in [-0.05, 0) is 103 Å². The van der Waals surface area contributed by atoms with E-state index in [0.717, 1.165) is 15.6 Å². The molecule has 0 bridgehead atoms. The van der Waals surface area contributed by atoms with Crippen molar-refractivity contribution in [3.05, 3.63) is 127 Å². The van der Waals surface area contributed by atoms with Gasteiger partial charge >= 0.3 is 0 Å². The molecule has 190 valence electrons. The first kappa shape index (κ1) is 27.6. The van der Waals surface area contributed by atoms with E-state index in [0.29, 0.717) is 44.9 Å². The fourth-order valence-electron chi connectivity index (χ4n) is 3.43. The quantitative estimate of drug-likeness (QED) is 0.140. The number of halogens is 3. The van der Waals surface area contributed by atoms with Gasteiger partial charge in [0.05, 0.1) is 8.95 Å². The van der Waals surface area contributed by atoms with Crippen molar-refractivity contribution >= 4 is 65.5 Å². The highest BCUT2D eigenvalue weighted by Gasteiger charge is 2.13. The molecule has 0 aliphatic carbocycles. The highest BCUT2D eigenvalue weighted by atomic mass is 79.9. The van der Waals surface area contributed by atoms with Gasteiger partial charge in [0, 0.05) is 10.2 Å². The number of benzene rings is 4. The number of anilines is 1. The maximum absolute atomic E-state index is 12.8. The number of carbonyl (C=O) groups excluding carboxylic acids is 1. The van der Waals surface area contributed by atoms with E-state index in [2.05, 4.69) is 53.1 Å². The topological polar surface area (TPSA) is 71.3 Å². The van der Waals surface area contributed by atoms with Crippen LogP contribution in [0.25, 0.3) is 6.08 Å². The summed E-state index contributed by atoms with van der Waals surface area (Å²) >= 11 is 10.5. The summed E-state index contributed by atoms with van der Waals surface area (Å²) in [5.41, 5.74) is 3.28. The highest BCUT2D eigenvalue weighted by molar-refractivity contribution is 9.11. The zero-order valence-corrected chi connectivity index (χ0v) is 24.7. The molecular formula is C30H21Br3N2O3. The van der Waals surface area contributed by atoms with Gasteiger partial charge in [0.1, 0.15) is 36.4 Å². The number of rotatable bonds is 9. The van der Waals surface area contributed by atoms with E-state index in [1.54, 1.807) is 36.4 Å². The number of ether oxygens (including phenoxy) is 2. The second-order valence-electron chi connectivity index (χ2n) is 8.15. The Labute approximate surface area is 246 Å². The molecule has 0 saturated carbocycles. The van der Waals surface area contributed by atoms with Crippen LogP contribution in [0.15, 0.2) is 110 Å². The third kappa shape index (κ3) is 7.81. The lowest BCUT2D eigenvalue weighted by Gasteiger charge is -2.12. The molecule has 0 spiro atoms. The Morgan fingerprint density at radius 2 is 1.42 bits per heavy atom. The summed E-state index contributed by atoms with van der Waals surface area (Å²) in [5.74, 6) is 0.802. The highest BCUT2D eigenvalue weighted by Crippen LogP contribution is 2.36. The molecule has 5 nitrogen and oxygen atoms in total. The van der Waals surface area contributed by atoms with Gasteiger partial charge in [0.2, 0.25) is 0 Å². The molecule has 1 N–H and O–H groups in total. The van der Waals surface area contributed by atoms with Crippen molar-refractivity contribution in [2.24, 2.45) is 0 Å². The SMILES string of the molecule is N#C/C(=C\c1cc(Br)c(OCc2ccc(Br)cc2)c(Br)c1)C(=O)Nc1ccc(OCc2ccccc2)cc1. The monoisotopic (exact) mass is 694 g/mol. The van der Waals surface area contributed by atoms with Gasteiger partial charge in [-0.25, -0.2) is 0 Å². The van der Waals surface area contributed by atoms with Crippen LogP contribution in [0.3, 0.4) is 0 Å². The molecule has 0 fully saturated rings. The van der Waals surface area contributed by atoms with Gasteiger partial charge in [-0.1, -0.05) is 58.4 Å². The summed E-state index contributed by atoms with van der Waals surface area (Å²) in [6, 6.07) is 30.3. The normalized spacial score (nSPS) is 10.9. The largest absolute Gasteiger partial charge is 0.489 e. The van der Waals surface area contributed by atoms with E-state index in [1.165, 1.54) is 6.08 Å². The number of hydrogen-bond acceptors (Lipinski definition) is 4. The molecule has 1 amide bonds. The van der Waals surface area contributed by atoms with Crippen LogP contribution in [0, 0.1) is 11.3 Å². The number of nitriles is 1. The van der Waals surface area contributed by atoms with Crippen molar-refractivity contribution in [1.29, 1.82) is 5.26 Å². The van der Waals surface area contributed by atoms with Crippen LogP contribution in [0.4, 0.5) is 5.69 Å². The number of amides is 1. The van der Waals surface area contributed by atoms with E-state index < -0.39 is 5.91 Å². The van der Waals surface area contributed by atoms with Crippen LogP contribution in [0.1, 0.15) is 16.7 Å². The molecule has 0 saturated heterocycles. The van der Waals surface area contributed by atoms with E-state index in [1.807, 2.05) is 60.7 Å². The minimum absolute atomic E-state index is 0.0308. The molecule has 38 heavy (non-hydrogen) atoms. The van der Waals surface area contributed by atoms with Crippen LogP contribution in [-0.2, 0) is 18.0 Å². The van der Waals surface area contributed by atoms with E-state index in [9.17, 15) is 10.1 Å². The van der Waals surface area contributed by atoms with Gasteiger partial charge in [-0.3, -0.25) is 4.79 Å². The van der Waals surface area contributed by atoms with E-state index in [-0.39, 0.29) is 5.57 Å². The molecule has 8 heteroatoms. The smallest absolute Gasteiger partial charge is 0.266 e. The van der Waals surface area contributed by atoms with Crippen molar-refractivity contribution in [3.8, 4) is 17.6 Å². The minimum Gasteiger partial charge on any atom is -0.489 e. The average molecular weight is 697 g/mol. The van der Waals surface area contributed by atoms with Gasteiger partial charge < -0.3 is 14.8 Å². The standard InChI is InChI=1S/C30H21Br3N2O3/c31-24-8-6-21(7-9-24)19-38-29-27(32)15-22(16-28(29)33)14-23(17-34)30(36)35-25-10-12-26(13-11-25)37-18-20-4-2-1-3-5-20/h1-16H,18-19H2,(H,35,36)/b23-14+. The third-order valence-corrected chi connectivity index (χ3v) is 7.06. The molecule has 4 aromatic carbocycles. The first-order valence-corrected chi connectivity index (χ1v) is 13.9. The van der Waals surface area contributed by atoms with Crippen LogP contribution in [0.2, 0.25) is 0 Å². The van der Waals surface area contributed by atoms with Crippen molar-refractivity contribution in [2.45, 2.75) is 13.2 Å². The fourth-order valence-corrected chi connectivity index (χ4v) is 5.14. The average Bonchev–Trinajstić information content (AvgIpc) is 2.92. The summed E-state index contributed by atoms with van der Waals surface area (Å²) in [7, 11) is 0. The first-order valence-electron chi connectivity index (χ1n) is 11.5. The zero-order chi connectivity index (χ0) is 26.9. The summed E-state index contributed by atoms with van der Waals surface area (Å²) in [5, 5.41) is 12.4. The Balaban J connectivity index is 1.39. The summed E-state index contributed by atoms with van der Waals surface area (Å²) < 4.78 is 14.1. The predicted octanol–water partition coefficient (Wildman–Crippen LogP) is 8.68. The number of carbonyl (C=O) groups is 1. The summed E-state index contributed by atoms with van der Waals surface area (Å²) in [6.07, 6.45) is 1.53. The van der Waals surface area contributed by atoms with Crippen molar-refractivity contribution < 1.29 is 14.3 Å². The second kappa shape index (κ2) is 13.4. The molecule has 0 unspecified atom stereocenters. The molecular weight excluding hydrogens is 676 g/mol. The maximum atomic E-state index is 12.8. The zero-order valence-electron chi connectivity index (χ0n) is 20.0. The van der Waals surface area contributed by atoms with Crippen molar-refractivity contribution in [2.75, 3.05) is 5.32 Å². The Kier molecular flexibility index (Phi) is 9.77. The van der Waals surface area contributed by atoms with Gasteiger partial charge in [0.15, 0.2) is 0 Å². The minimum atomic E-state index is -0.506. The predicted molar refractivity (Wildman–Crippen MR) is 160 cm³/mol. The second-order valence-corrected chi connectivity index (χ2v) is 10.8. The molecule has 4 aromatic rings. The Morgan fingerprint density at radius 1 is 0.816 bits per heavy atom. The Hall–Kier alpha value is -3.38. The number of hydrogen-bond donors (Lipinski definition) is 1. The maximum Gasteiger partial charge on any atom is 0.266 e. The lowest BCUT2D eigenvalue weighted by Crippen LogP contribution is -2.13. The van der Waals surface area contributed by atoms with Gasteiger partial charge in [0.25, 0.3) is 5.91 Å². The Bertz CT molecular complexity index is 1460. The van der Waals surface area contributed by atoms with Crippen LogP contribution in [0.5, 0.6) is 11.5 Å². The summed E-state index contributed by atoms with van der Waals surface area (Å²) in [4.78, 5) is 12.8. The van der Waals surface area contributed by atoms with Crippen molar-refractivity contribution in [1.82, 2.24) is 0 Å². The van der Waals surface area contributed by atoms with Crippen LogP contribution in [-0.4, -0.2) is 5.91 Å². The molecule has 4 rings (SSSR count). The number of nitrogens with zero attached hydrogens (tertiary/aromatic N) is 1. The molecule has 0 heterocycles. The number of nitrogens with one attached hydrogen (secondary N) is 1. The molecule has 0 aromatic heterocycles. The van der Waals surface area contributed by atoms with Crippen LogP contribution >= 0.6 is 47.8 Å². The Morgan fingerprint density at radius 3 is 2.05 bits per heavy atom. The van der Waals surface area contributed by atoms with Crippen molar-refractivity contribution in [3.63, 3.8) is 0 Å².